The molecule has 2 atom stereocenters. The van der Waals surface area contributed by atoms with Crippen LogP contribution in [0.4, 0.5) is 4.79 Å². The van der Waals surface area contributed by atoms with Gasteiger partial charge in [0.15, 0.2) is 0 Å². The van der Waals surface area contributed by atoms with Crippen molar-refractivity contribution in [3.05, 3.63) is 0 Å². The molecule has 1 aliphatic carbocycles. The maximum absolute atomic E-state index is 11.4. The number of hydrogen-bond donors (Lipinski definition) is 2. The Balaban J connectivity index is 2.33. The van der Waals surface area contributed by atoms with Gasteiger partial charge in [0.1, 0.15) is 5.60 Å². The summed E-state index contributed by atoms with van der Waals surface area (Å²) in [4.78, 5) is 11.4. The fraction of sp³-hybridized carbons (Fsp3) is 0.900. The number of carbonyl (C=O) groups is 1. The van der Waals surface area contributed by atoms with Crippen LogP contribution in [0.25, 0.3) is 0 Å². The fourth-order valence-corrected chi connectivity index (χ4v) is 1.63. The molecule has 82 valence electrons. The molecule has 0 heterocycles. The molecule has 0 radical (unpaired) electrons. The normalized spacial score (nSPS) is 27.4. The van der Waals surface area contributed by atoms with E-state index in [9.17, 15) is 4.79 Å². The van der Waals surface area contributed by atoms with E-state index in [0.717, 1.165) is 19.3 Å². The van der Waals surface area contributed by atoms with Gasteiger partial charge in [0, 0.05) is 12.1 Å². The van der Waals surface area contributed by atoms with Gasteiger partial charge >= 0.3 is 6.09 Å². The lowest BCUT2D eigenvalue weighted by Gasteiger charge is -2.23. The predicted octanol–water partition coefficient (Wildman–Crippen LogP) is 1.39. The van der Waals surface area contributed by atoms with Crippen LogP contribution in [-0.2, 0) is 4.74 Å². The first-order chi connectivity index (χ1) is 6.38. The lowest BCUT2D eigenvalue weighted by Crippen LogP contribution is -2.45. The maximum atomic E-state index is 11.4. The molecule has 1 amide bonds. The molecule has 1 saturated carbocycles. The summed E-state index contributed by atoms with van der Waals surface area (Å²) >= 11 is 0. The Morgan fingerprint density at radius 2 is 2.07 bits per heavy atom. The lowest BCUT2D eigenvalue weighted by atomic mass is 10.2. The third-order valence-corrected chi connectivity index (χ3v) is 2.27. The van der Waals surface area contributed by atoms with Crippen LogP contribution in [0.2, 0.25) is 0 Å². The van der Waals surface area contributed by atoms with Gasteiger partial charge < -0.3 is 15.8 Å². The highest BCUT2D eigenvalue weighted by Gasteiger charge is 2.27. The van der Waals surface area contributed by atoms with Crippen LogP contribution in [0.1, 0.15) is 40.0 Å². The number of alkyl carbamates (subject to hydrolysis) is 1. The molecular weight excluding hydrogens is 180 g/mol. The molecule has 1 aliphatic rings. The third kappa shape index (κ3) is 3.54. The van der Waals surface area contributed by atoms with Gasteiger partial charge in [-0.15, -0.1) is 0 Å². The van der Waals surface area contributed by atoms with Crippen LogP contribution < -0.4 is 11.1 Å². The van der Waals surface area contributed by atoms with Crippen LogP contribution in [-0.4, -0.2) is 23.8 Å². The monoisotopic (exact) mass is 200 g/mol. The number of nitrogens with two attached hydrogens (primary N) is 1. The molecule has 0 aromatic rings. The molecule has 0 aromatic heterocycles. The molecule has 4 nitrogen and oxygen atoms in total. The van der Waals surface area contributed by atoms with Gasteiger partial charge in [-0.3, -0.25) is 0 Å². The second kappa shape index (κ2) is 4.17. The Morgan fingerprint density at radius 3 is 2.50 bits per heavy atom. The van der Waals surface area contributed by atoms with Gasteiger partial charge in [0.05, 0.1) is 0 Å². The van der Waals surface area contributed by atoms with Gasteiger partial charge in [0.2, 0.25) is 0 Å². The first-order valence-corrected chi connectivity index (χ1v) is 5.13. The number of ether oxygens (including phenoxy) is 1. The SMILES string of the molecule is CC(C)(C)OC(=O)NC1CCC[C@@H]1N. The van der Waals surface area contributed by atoms with E-state index in [1.807, 2.05) is 20.8 Å². The Hall–Kier alpha value is -0.770. The highest BCUT2D eigenvalue weighted by atomic mass is 16.6. The van der Waals surface area contributed by atoms with Gasteiger partial charge in [-0.05, 0) is 40.0 Å². The summed E-state index contributed by atoms with van der Waals surface area (Å²) < 4.78 is 5.14. The highest BCUT2D eigenvalue weighted by Crippen LogP contribution is 2.17. The summed E-state index contributed by atoms with van der Waals surface area (Å²) in [6.07, 6.45) is 2.67. The molecule has 1 fully saturated rings. The van der Waals surface area contributed by atoms with Crippen molar-refractivity contribution in [2.75, 3.05) is 0 Å². The summed E-state index contributed by atoms with van der Waals surface area (Å²) in [5, 5.41) is 2.80. The largest absolute Gasteiger partial charge is 0.444 e. The van der Waals surface area contributed by atoms with Crippen molar-refractivity contribution in [2.45, 2.75) is 57.7 Å². The average molecular weight is 200 g/mol. The van der Waals surface area contributed by atoms with Crippen LogP contribution in [0.3, 0.4) is 0 Å². The van der Waals surface area contributed by atoms with Crippen molar-refractivity contribution < 1.29 is 9.53 Å². The van der Waals surface area contributed by atoms with Gasteiger partial charge in [-0.25, -0.2) is 4.79 Å². The standard InChI is InChI=1S/C10H20N2O2/c1-10(2,3)14-9(13)12-8-6-4-5-7(8)11/h7-8H,4-6,11H2,1-3H3,(H,12,13)/t7-,8?/m0/s1. The van der Waals surface area contributed by atoms with Crippen molar-refractivity contribution in [1.29, 1.82) is 0 Å². The minimum absolute atomic E-state index is 0.0857. The topological polar surface area (TPSA) is 64.3 Å². The van der Waals surface area contributed by atoms with E-state index in [4.69, 9.17) is 10.5 Å². The minimum atomic E-state index is -0.438. The quantitative estimate of drug-likeness (QED) is 0.672. The second-order valence-corrected chi connectivity index (χ2v) is 4.85. The average Bonchev–Trinajstić information content (AvgIpc) is 2.32. The smallest absolute Gasteiger partial charge is 0.407 e. The third-order valence-electron chi connectivity index (χ3n) is 2.27. The molecule has 4 heteroatoms. The molecule has 0 aromatic carbocycles. The molecule has 1 rings (SSSR count). The molecule has 0 bridgehead atoms. The Bertz CT molecular complexity index is 211. The van der Waals surface area contributed by atoms with Crippen molar-refractivity contribution >= 4 is 6.09 Å². The van der Waals surface area contributed by atoms with Crippen molar-refractivity contribution in [1.82, 2.24) is 5.32 Å². The molecule has 14 heavy (non-hydrogen) atoms. The van der Waals surface area contributed by atoms with E-state index >= 15 is 0 Å². The zero-order valence-electron chi connectivity index (χ0n) is 9.17. The van der Waals surface area contributed by atoms with Gasteiger partial charge in [-0.2, -0.15) is 0 Å². The number of amides is 1. The first-order valence-electron chi connectivity index (χ1n) is 5.13. The van der Waals surface area contributed by atoms with Gasteiger partial charge in [-0.1, -0.05) is 0 Å². The summed E-state index contributed by atoms with van der Waals surface area (Å²) in [6.45, 7) is 5.55. The Kier molecular flexibility index (Phi) is 3.37. The molecule has 1 unspecified atom stereocenters. The maximum Gasteiger partial charge on any atom is 0.407 e. The number of carbonyl (C=O) groups excluding carboxylic acids is 1. The number of nitrogens with one attached hydrogen (secondary N) is 1. The van der Waals surface area contributed by atoms with Crippen LogP contribution in [0, 0.1) is 0 Å². The van der Waals surface area contributed by atoms with Crippen LogP contribution in [0.5, 0.6) is 0 Å². The van der Waals surface area contributed by atoms with Crippen molar-refractivity contribution in [3.63, 3.8) is 0 Å². The summed E-state index contributed by atoms with van der Waals surface area (Å²) in [5.74, 6) is 0. The lowest BCUT2D eigenvalue weighted by molar-refractivity contribution is 0.0501. The summed E-state index contributed by atoms with van der Waals surface area (Å²) in [7, 11) is 0. The molecule has 0 saturated heterocycles. The number of hydrogen-bond acceptors (Lipinski definition) is 3. The number of rotatable bonds is 1. The van der Waals surface area contributed by atoms with Gasteiger partial charge in [0.25, 0.3) is 0 Å². The van der Waals surface area contributed by atoms with Crippen molar-refractivity contribution in [2.24, 2.45) is 5.73 Å². The molecular formula is C10H20N2O2. The van der Waals surface area contributed by atoms with E-state index in [1.54, 1.807) is 0 Å². The molecule has 3 N–H and O–H groups in total. The predicted molar refractivity (Wildman–Crippen MR) is 55.0 cm³/mol. The highest BCUT2D eigenvalue weighted by molar-refractivity contribution is 5.68. The van der Waals surface area contributed by atoms with Crippen molar-refractivity contribution in [3.8, 4) is 0 Å². The fourth-order valence-electron chi connectivity index (χ4n) is 1.63. The first kappa shape index (κ1) is 11.3. The second-order valence-electron chi connectivity index (χ2n) is 4.85. The van der Waals surface area contributed by atoms with Crippen LogP contribution in [0.15, 0.2) is 0 Å². The molecule has 0 aliphatic heterocycles. The van der Waals surface area contributed by atoms with E-state index < -0.39 is 5.60 Å². The minimum Gasteiger partial charge on any atom is -0.444 e. The Morgan fingerprint density at radius 1 is 1.43 bits per heavy atom. The summed E-state index contributed by atoms with van der Waals surface area (Å²) in [6, 6.07) is 0.173. The zero-order valence-corrected chi connectivity index (χ0v) is 9.17. The van der Waals surface area contributed by atoms with E-state index in [1.165, 1.54) is 0 Å². The van der Waals surface area contributed by atoms with E-state index in [0.29, 0.717) is 0 Å². The van der Waals surface area contributed by atoms with E-state index in [-0.39, 0.29) is 18.2 Å². The zero-order chi connectivity index (χ0) is 10.8. The van der Waals surface area contributed by atoms with Crippen LogP contribution >= 0.6 is 0 Å². The summed E-state index contributed by atoms with van der Waals surface area (Å²) in [5.41, 5.74) is 5.38. The van der Waals surface area contributed by atoms with E-state index in [2.05, 4.69) is 5.32 Å². The Labute approximate surface area is 85.2 Å². The molecule has 0 spiro atoms.